The summed E-state index contributed by atoms with van der Waals surface area (Å²) in [6.45, 7) is 0. The van der Waals surface area contributed by atoms with Crippen LogP contribution in [0.5, 0.6) is 5.75 Å². The molecule has 2 aromatic carbocycles. The van der Waals surface area contributed by atoms with E-state index in [1.807, 2.05) is 12.1 Å². The quantitative estimate of drug-likeness (QED) is 0.501. The Balaban J connectivity index is 2.21. The van der Waals surface area contributed by atoms with E-state index in [4.69, 9.17) is 0 Å². The maximum absolute atomic E-state index is 10.5. The van der Waals surface area contributed by atoms with Crippen molar-refractivity contribution in [3.05, 3.63) is 56.1 Å². The van der Waals surface area contributed by atoms with E-state index in [1.54, 1.807) is 18.2 Å². The van der Waals surface area contributed by atoms with Crippen LogP contribution in [0.1, 0.15) is 0 Å². The highest BCUT2D eigenvalue weighted by Gasteiger charge is 2.07. The van der Waals surface area contributed by atoms with E-state index in [0.717, 1.165) is 13.4 Å². The van der Waals surface area contributed by atoms with Gasteiger partial charge in [-0.3, -0.25) is 10.1 Å². The Morgan fingerprint density at radius 3 is 2.39 bits per heavy atom. The fourth-order valence-electron chi connectivity index (χ4n) is 1.34. The molecule has 18 heavy (non-hydrogen) atoms. The Morgan fingerprint density at radius 1 is 1.17 bits per heavy atom. The van der Waals surface area contributed by atoms with Gasteiger partial charge in [0.15, 0.2) is 0 Å². The Morgan fingerprint density at radius 2 is 1.83 bits per heavy atom. The van der Waals surface area contributed by atoms with Gasteiger partial charge in [0.25, 0.3) is 5.69 Å². The second-order valence-electron chi connectivity index (χ2n) is 3.47. The van der Waals surface area contributed by atoms with Crippen molar-refractivity contribution in [2.75, 3.05) is 0 Å². The van der Waals surface area contributed by atoms with Crippen LogP contribution in [-0.2, 0) is 0 Å². The lowest BCUT2D eigenvalue weighted by molar-refractivity contribution is -0.384. The summed E-state index contributed by atoms with van der Waals surface area (Å²) in [6, 6.07) is 11.6. The molecule has 0 fully saturated rings. The number of halogens is 1. The van der Waals surface area contributed by atoms with Crippen LogP contribution >= 0.6 is 34.4 Å². The number of hydrogen-bond acceptors (Lipinski definition) is 4. The summed E-state index contributed by atoms with van der Waals surface area (Å²) in [4.78, 5) is 11.7. The molecule has 0 aliphatic heterocycles. The van der Waals surface area contributed by atoms with Crippen LogP contribution in [0.4, 0.5) is 5.69 Å². The number of aromatic hydroxyl groups is 1. The highest BCUT2D eigenvalue weighted by molar-refractivity contribution is 14.1. The van der Waals surface area contributed by atoms with Crippen LogP contribution < -0.4 is 0 Å². The van der Waals surface area contributed by atoms with Gasteiger partial charge in [0, 0.05) is 20.6 Å². The molecule has 6 heteroatoms. The van der Waals surface area contributed by atoms with Gasteiger partial charge in [-0.1, -0.05) is 11.8 Å². The molecule has 0 atom stereocenters. The number of rotatable bonds is 3. The van der Waals surface area contributed by atoms with Crippen molar-refractivity contribution < 1.29 is 10.0 Å². The molecule has 0 aliphatic carbocycles. The molecule has 0 bridgehead atoms. The molecule has 0 saturated heterocycles. The molecule has 1 N–H and O–H groups in total. The molecule has 0 spiro atoms. The maximum atomic E-state index is 10.5. The lowest BCUT2D eigenvalue weighted by Crippen LogP contribution is -1.86. The molecule has 0 amide bonds. The largest absolute Gasteiger partial charge is 0.507 e. The minimum Gasteiger partial charge on any atom is -0.507 e. The second kappa shape index (κ2) is 5.57. The number of phenolic OH excluding ortho intramolecular Hbond substituents is 1. The molecule has 2 rings (SSSR count). The number of nitro groups is 1. The molecule has 2 aromatic rings. The van der Waals surface area contributed by atoms with Crippen LogP contribution in [0.25, 0.3) is 0 Å². The predicted molar refractivity (Wildman–Crippen MR) is 78.0 cm³/mol. The molecule has 0 saturated carbocycles. The third kappa shape index (κ3) is 3.14. The average Bonchev–Trinajstić information content (AvgIpc) is 2.33. The molecular formula is C12H8INO3S. The molecular weight excluding hydrogens is 365 g/mol. The Hall–Kier alpha value is -1.28. The third-order valence-corrected chi connectivity index (χ3v) is 3.94. The van der Waals surface area contributed by atoms with Crippen LogP contribution in [0.2, 0.25) is 0 Å². The minimum atomic E-state index is -0.434. The normalized spacial score (nSPS) is 10.3. The second-order valence-corrected chi connectivity index (χ2v) is 5.83. The van der Waals surface area contributed by atoms with Crippen LogP contribution in [0, 0.1) is 13.7 Å². The summed E-state index contributed by atoms with van der Waals surface area (Å²) in [5.41, 5.74) is 0.0613. The van der Waals surface area contributed by atoms with Gasteiger partial charge >= 0.3 is 0 Å². The molecule has 0 heterocycles. The highest BCUT2D eigenvalue weighted by atomic mass is 127. The first-order valence-electron chi connectivity index (χ1n) is 4.97. The van der Waals surface area contributed by atoms with E-state index >= 15 is 0 Å². The van der Waals surface area contributed by atoms with Crippen LogP contribution in [0.15, 0.2) is 52.3 Å². The van der Waals surface area contributed by atoms with E-state index in [2.05, 4.69) is 22.6 Å². The first kappa shape index (κ1) is 13.2. The Bertz CT molecular complexity index is 586. The number of non-ortho nitro benzene ring substituents is 1. The maximum Gasteiger partial charge on any atom is 0.269 e. The smallest absolute Gasteiger partial charge is 0.269 e. The van der Waals surface area contributed by atoms with Crippen molar-refractivity contribution in [2.45, 2.75) is 9.79 Å². The van der Waals surface area contributed by atoms with Gasteiger partial charge in [0.1, 0.15) is 5.75 Å². The predicted octanol–water partition coefficient (Wildman–Crippen LogP) is 4.06. The van der Waals surface area contributed by atoms with Crippen molar-refractivity contribution >= 4 is 40.0 Å². The van der Waals surface area contributed by atoms with Gasteiger partial charge in [-0.25, -0.2) is 0 Å². The summed E-state index contributed by atoms with van der Waals surface area (Å²) in [6.07, 6.45) is 0. The summed E-state index contributed by atoms with van der Waals surface area (Å²) < 4.78 is 0.957. The van der Waals surface area contributed by atoms with Crippen molar-refractivity contribution in [1.82, 2.24) is 0 Å². The van der Waals surface area contributed by atoms with E-state index in [-0.39, 0.29) is 11.4 Å². The SMILES string of the molecule is O=[N+]([O-])c1ccc(Sc2ccc(I)cc2O)cc1. The van der Waals surface area contributed by atoms with Gasteiger partial charge in [-0.2, -0.15) is 0 Å². The zero-order valence-electron chi connectivity index (χ0n) is 9.04. The minimum absolute atomic E-state index is 0.0613. The first-order valence-corrected chi connectivity index (χ1v) is 6.86. The number of phenols is 1. The fraction of sp³-hybridized carbons (Fsp3) is 0. The molecule has 4 nitrogen and oxygen atoms in total. The molecule has 0 radical (unpaired) electrons. The lowest BCUT2D eigenvalue weighted by Gasteiger charge is -2.04. The van der Waals surface area contributed by atoms with E-state index in [0.29, 0.717) is 0 Å². The van der Waals surface area contributed by atoms with E-state index in [9.17, 15) is 15.2 Å². The average molecular weight is 373 g/mol. The number of nitrogens with zero attached hydrogens (tertiary/aromatic N) is 1. The van der Waals surface area contributed by atoms with E-state index in [1.165, 1.54) is 23.9 Å². The van der Waals surface area contributed by atoms with Gasteiger partial charge < -0.3 is 5.11 Å². The number of benzene rings is 2. The van der Waals surface area contributed by atoms with Crippen LogP contribution in [-0.4, -0.2) is 10.0 Å². The van der Waals surface area contributed by atoms with Crippen molar-refractivity contribution in [3.63, 3.8) is 0 Å². The number of hydrogen-bond donors (Lipinski definition) is 1. The number of nitro benzene ring substituents is 1. The molecule has 0 aromatic heterocycles. The zero-order valence-corrected chi connectivity index (χ0v) is 12.0. The first-order chi connectivity index (χ1) is 8.56. The van der Waals surface area contributed by atoms with Gasteiger partial charge in [0.05, 0.1) is 9.82 Å². The van der Waals surface area contributed by atoms with Crippen molar-refractivity contribution in [3.8, 4) is 5.75 Å². The topological polar surface area (TPSA) is 63.4 Å². The van der Waals surface area contributed by atoms with Gasteiger partial charge in [-0.05, 0) is 52.9 Å². The lowest BCUT2D eigenvalue weighted by atomic mass is 10.3. The zero-order chi connectivity index (χ0) is 13.1. The fourth-order valence-corrected chi connectivity index (χ4v) is 2.64. The Kier molecular flexibility index (Phi) is 4.07. The van der Waals surface area contributed by atoms with Crippen molar-refractivity contribution in [1.29, 1.82) is 0 Å². The van der Waals surface area contributed by atoms with Gasteiger partial charge in [0.2, 0.25) is 0 Å². The standard InChI is InChI=1S/C12H8INO3S/c13-8-1-6-12(11(15)7-8)18-10-4-2-9(3-5-10)14(16)17/h1-7,15H. The summed E-state index contributed by atoms with van der Waals surface area (Å²) in [7, 11) is 0. The monoisotopic (exact) mass is 373 g/mol. The third-order valence-electron chi connectivity index (χ3n) is 2.20. The van der Waals surface area contributed by atoms with E-state index < -0.39 is 4.92 Å². The summed E-state index contributed by atoms with van der Waals surface area (Å²) >= 11 is 3.49. The van der Waals surface area contributed by atoms with Crippen molar-refractivity contribution in [2.24, 2.45) is 0 Å². The Labute approximate surface area is 121 Å². The molecule has 0 aliphatic rings. The molecule has 92 valence electrons. The summed E-state index contributed by atoms with van der Waals surface area (Å²) in [5.74, 6) is 0.213. The van der Waals surface area contributed by atoms with Gasteiger partial charge in [-0.15, -0.1) is 0 Å². The van der Waals surface area contributed by atoms with Crippen LogP contribution in [0.3, 0.4) is 0 Å². The highest BCUT2D eigenvalue weighted by Crippen LogP contribution is 2.35. The summed E-state index contributed by atoms with van der Waals surface area (Å²) in [5, 5.41) is 20.3. The molecule has 0 unspecified atom stereocenters.